The van der Waals surface area contributed by atoms with Crippen molar-refractivity contribution < 1.29 is 18.7 Å². The van der Waals surface area contributed by atoms with Gasteiger partial charge in [0, 0.05) is 17.7 Å². The first-order chi connectivity index (χ1) is 8.97. The van der Waals surface area contributed by atoms with Gasteiger partial charge in [0.15, 0.2) is 0 Å². The molecule has 0 unspecified atom stereocenters. The molecule has 0 atom stereocenters. The van der Waals surface area contributed by atoms with E-state index in [4.69, 9.17) is 13.9 Å². The SMILES string of the molecule is Cc1cc(CN(C)Cc2ccoc2C)oc1C(=O)O. The summed E-state index contributed by atoms with van der Waals surface area (Å²) in [5, 5.41) is 8.94. The first-order valence-corrected chi connectivity index (χ1v) is 6.01. The highest BCUT2D eigenvalue weighted by Crippen LogP contribution is 2.18. The smallest absolute Gasteiger partial charge is 0.372 e. The summed E-state index contributed by atoms with van der Waals surface area (Å²) in [4.78, 5) is 12.9. The van der Waals surface area contributed by atoms with Gasteiger partial charge in [-0.25, -0.2) is 4.79 Å². The van der Waals surface area contributed by atoms with Crippen molar-refractivity contribution in [2.24, 2.45) is 0 Å². The number of aryl methyl sites for hydroxylation is 2. The second kappa shape index (κ2) is 5.32. The molecule has 2 heterocycles. The molecule has 0 amide bonds. The molecule has 2 aromatic rings. The van der Waals surface area contributed by atoms with Crippen LogP contribution in [0.15, 0.2) is 27.2 Å². The maximum atomic E-state index is 10.9. The standard InChI is InChI=1S/C14H17NO4/c1-9-6-12(19-13(9)14(16)17)8-15(3)7-11-4-5-18-10(11)2/h4-6H,7-8H2,1-3H3,(H,16,17). The van der Waals surface area contributed by atoms with Crippen molar-refractivity contribution in [2.75, 3.05) is 7.05 Å². The highest BCUT2D eigenvalue weighted by molar-refractivity contribution is 5.86. The Kier molecular flexibility index (Phi) is 3.76. The molecule has 5 heteroatoms. The van der Waals surface area contributed by atoms with E-state index in [-0.39, 0.29) is 5.76 Å². The first-order valence-electron chi connectivity index (χ1n) is 6.01. The third-order valence-electron chi connectivity index (χ3n) is 3.00. The van der Waals surface area contributed by atoms with E-state index in [1.807, 2.05) is 24.9 Å². The molecule has 2 aromatic heterocycles. The lowest BCUT2D eigenvalue weighted by atomic mass is 10.2. The van der Waals surface area contributed by atoms with Gasteiger partial charge in [0.25, 0.3) is 0 Å². The van der Waals surface area contributed by atoms with Crippen molar-refractivity contribution in [3.63, 3.8) is 0 Å². The van der Waals surface area contributed by atoms with E-state index in [9.17, 15) is 4.79 Å². The van der Waals surface area contributed by atoms with Crippen molar-refractivity contribution in [3.05, 3.63) is 46.8 Å². The normalized spacial score (nSPS) is 11.2. The van der Waals surface area contributed by atoms with Crippen molar-refractivity contribution in [3.8, 4) is 0 Å². The summed E-state index contributed by atoms with van der Waals surface area (Å²) < 4.78 is 10.6. The number of hydrogen-bond donors (Lipinski definition) is 1. The molecule has 102 valence electrons. The summed E-state index contributed by atoms with van der Waals surface area (Å²) in [6.07, 6.45) is 1.66. The van der Waals surface area contributed by atoms with Crippen molar-refractivity contribution >= 4 is 5.97 Å². The molecule has 0 aromatic carbocycles. The van der Waals surface area contributed by atoms with E-state index in [2.05, 4.69) is 0 Å². The molecule has 0 fully saturated rings. The monoisotopic (exact) mass is 263 g/mol. The van der Waals surface area contributed by atoms with Crippen LogP contribution in [0, 0.1) is 13.8 Å². The molecule has 0 bridgehead atoms. The van der Waals surface area contributed by atoms with Gasteiger partial charge in [0.05, 0.1) is 12.8 Å². The molecule has 1 N–H and O–H groups in total. The van der Waals surface area contributed by atoms with Gasteiger partial charge in [-0.2, -0.15) is 0 Å². The summed E-state index contributed by atoms with van der Waals surface area (Å²) in [6.45, 7) is 4.93. The topological polar surface area (TPSA) is 66.8 Å². The Morgan fingerprint density at radius 1 is 1.37 bits per heavy atom. The molecule has 0 aliphatic carbocycles. The third kappa shape index (κ3) is 3.06. The van der Waals surface area contributed by atoms with Crippen LogP contribution in [-0.4, -0.2) is 23.0 Å². The van der Waals surface area contributed by atoms with Gasteiger partial charge in [0.2, 0.25) is 5.76 Å². The van der Waals surface area contributed by atoms with E-state index in [0.29, 0.717) is 17.9 Å². The fraction of sp³-hybridized carbons (Fsp3) is 0.357. The highest BCUT2D eigenvalue weighted by Gasteiger charge is 2.15. The Labute approximate surface area is 111 Å². The van der Waals surface area contributed by atoms with Gasteiger partial charge in [0.1, 0.15) is 11.5 Å². The van der Waals surface area contributed by atoms with Crippen LogP contribution in [0.1, 0.15) is 33.2 Å². The summed E-state index contributed by atoms with van der Waals surface area (Å²) in [7, 11) is 1.95. The summed E-state index contributed by atoms with van der Waals surface area (Å²) in [5.41, 5.74) is 1.76. The fourth-order valence-corrected chi connectivity index (χ4v) is 2.03. The highest BCUT2D eigenvalue weighted by atomic mass is 16.4. The molecule has 0 radical (unpaired) electrons. The number of rotatable bonds is 5. The van der Waals surface area contributed by atoms with Gasteiger partial charge in [-0.3, -0.25) is 4.90 Å². The van der Waals surface area contributed by atoms with Crippen LogP contribution in [0.4, 0.5) is 0 Å². The predicted octanol–water partition coefficient (Wildman–Crippen LogP) is 2.82. The second-order valence-corrected chi connectivity index (χ2v) is 4.70. The molecule has 0 aliphatic heterocycles. The zero-order valence-electron chi connectivity index (χ0n) is 11.3. The van der Waals surface area contributed by atoms with Gasteiger partial charge < -0.3 is 13.9 Å². The van der Waals surface area contributed by atoms with E-state index < -0.39 is 5.97 Å². The number of furan rings is 2. The summed E-state index contributed by atoms with van der Waals surface area (Å²) in [6, 6.07) is 3.70. The molecule has 2 rings (SSSR count). The zero-order valence-corrected chi connectivity index (χ0v) is 11.3. The predicted molar refractivity (Wildman–Crippen MR) is 69.0 cm³/mol. The number of carboxylic acid groups (broad SMARTS) is 1. The van der Waals surface area contributed by atoms with Gasteiger partial charge >= 0.3 is 5.97 Å². The lowest BCUT2D eigenvalue weighted by molar-refractivity contribution is 0.0657. The van der Waals surface area contributed by atoms with Crippen LogP contribution >= 0.6 is 0 Å². The average Bonchev–Trinajstić information content (AvgIpc) is 2.86. The molecule has 5 nitrogen and oxygen atoms in total. The molecule has 0 aliphatic rings. The minimum absolute atomic E-state index is 0.0166. The number of carbonyl (C=O) groups is 1. The average molecular weight is 263 g/mol. The number of nitrogens with zero attached hydrogens (tertiary/aromatic N) is 1. The summed E-state index contributed by atoms with van der Waals surface area (Å²) >= 11 is 0. The fourth-order valence-electron chi connectivity index (χ4n) is 2.03. The van der Waals surface area contributed by atoms with Crippen molar-refractivity contribution in [2.45, 2.75) is 26.9 Å². The quantitative estimate of drug-likeness (QED) is 0.898. The Hall–Kier alpha value is -2.01. The van der Waals surface area contributed by atoms with Crippen LogP contribution in [0.3, 0.4) is 0 Å². The van der Waals surface area contributed by atoms with Gasteiger partial charge in [-0.15, -0.1) is 0 Å². The maximum absolute atomic E-state index is 10.9. The third-order valence-corrected chi connectivity index (χ3v) is 3.00. The zero-order chi connectivity index (χ0) is 14.0. The molecule has 0 saturated heterocycles. The molecule has 0 spiro atoms. The molecule has 19 heavy (non-hydrogen) atoms. The minimum Gasteiger partial charge on any atom is -0.475 e. The molecular weight excluding hydrogens is 246 g/mol. The van der Waals surface area contributed by atoms with Crippen molar-refractivity contribution in [1.82, 2.24) is 4.90 Å². The van der Waals surface area contributed by atoms with E-state index in [1.165, 1.54) is 0 Å². The number of hydrogen-bond acceptors (Lipinski definition) is 4. The van der Waals surface area contributed by atoms with Gasteiger partial charge in [-0.1, -0.05) is 0 Å². The lowest BCUT2D eigenvalue weighted by Crippen LogP contribution is -2.17. The lowest BCUT2D eigenvalue weighted by Gasteiger charge is -2.14. The summed E-state index contributed by atoms with van der Waals surface area (Å²) in [5.74, 6) is 0.534. The van der Waals surface area contributed by atoms with E-state index >= 15 is 0 Å². The first kappa shape index (κ1) is 13.4. The Morgan fingerprint density at radius 3 is 2.63 bits per heavy atom. The minimum atomic E-state index is -1.03. The largest absolute Gasteiger partial charge is 0.475 e. The van der Waals surface area contributed by atoms with Crippen molar-refractivity contribution in [1.29, 1.82) is 0 Å². The number of aromatic carboxylic acids is 1. The number of carboxylic acids is 1. The Morgan fingerprint density at radius 2 is 2.11 bits per heavy atom. The Bertz CT molecular complexity index is 582. The van der Waals surface area contributed by atoms with Crippen LogP contribution in [0.2, 0.25) is 0 Å². The van der Waals surface area contributed by atoms with E-state index in [0.717, 1.165) is 17.9 Å². The van der Waals surface area contributed by atoms with Crippen LogP contribution in [-0.2, 0) is 13.1 Å². The van der Waals surface area contributed by atoms with E-state index in [1.54, 1.807) is 19.3 Å². The maximum Gasteiger partial charge on any atom is 0.372 e. The molecular formula is C14H17NO4. The van der Waals surface area contributed by atoms with Crippen LogP contribution < -0.4 is 0 Å². The molecule has 0 saturated carbocycles. The Balaban J connectivity index is 2.03. The van der Waals surface area contributed by atoms with Gasteiger partial charge in [-0.05, 0) is 33.0 Å². The van der Waals surface area contributed by atoms with Crippen LogP contribution in [0.5, 0.6) is 0 Å². The van der Waals surface area contributed by atoms with Crippen LogP contribution in [0.25, 0.3) is 0 Å². The second-order valence-electron chi connectivity index (χ2n) is 4.70.